The minimum absolute atomic E-state index is 0.0284. The maximum atomic E-state index is 12.1. The second-order valence-electron chi connectivity index (χ2n) is 3.09. The molecule has 0 fully saturated rings. The van der Waals surface area contributed by atoms with Gasteiger partial charge >= 0.3 is 5.97 Å². The van der Waals surface area contributed by atoms with Crippen LogP contribution in [0.2, 0.25) is 0 Å². The number of alkyl halides is 2. The van der Waals surface area contributed by atoms with Crippen LogP contribution in [-0.4, -0.2) is 31.1 Å². The van der Waals surface area contributed by atoms with Crippen LogP contribution >= 0.6 is 0 Å². The molecule has 0 aliphatic carbocycles. The number of carbonyl (C=O) groups is 1. The zero-order valence-corrected chi connectivity index (χ0v) is 8.15. The Morgan fingerprint density at radius 1 is 1.47 bits per heavy atom. The van der Waals surface area contributed by atoms with E-state index in [-0.39, 0.29) is 5.56 Å². The standard InChI is InChI=1S/C10H11F2NO2/c1-13(6-9(11)12)8-5-3-2-4-7(8)10(14)15/h2-5,9H,6H2,1H3,(H,14,15). The van der Waals surface area contributed by atoms with Gasteiger partial charge in [0.2, 0.25) is 0 Å². The molecule has 0 bridgehead atoms. The van der Waals surface area contributed by atoms with E-state index in [1.165, 1.54) is 24.1 Å². The van der Waals surface area contributed by atoms with Gasteiger partial charge in [0.25, 0.3) is 6.43 Å². The largest absolute Gasteiger partial charge is 0.478 e. The summed E-state index contributed by atoms with van der Waals surface area (Å²) in [6, 6.07) is 6.07. The molecule has 1 rings (SSSR count). The highest BCUT2D eigenvalue weighted by molar-refractivity contribution is 5.94. The average Bonchev–Trinajstić information content (AvgIpc) is 2.16. The molecule has 1 aromatic rings. The fourth-order valence-electron chi connectivity index (χ4n) is 1.29. The number of nitrogens with zero attached hydrogens (tertiary/aromatic N) is 1. The van der Waals surface area contributed by atoms with Crippen LogP contribution < -0.4 is 4.90 Å². The van der Waals surface area contributed by atoms with Gasteiger partial charge in [-0.15, -0.1) is 0 Å². The highest BCUT2D eigenvalue weighted by Crippen LogP contribution is 2.19. The molecule has 1 N–H and O–H groups in total. The van der Waals surface area contributed by atoms with Crippen molar-refractivity contribution in [1.82, 2.24) is 0 Å². The summed E-state index contributed by atoms with van der Waals surface area (Å²) < 4.78 is 24.2. The topological polar surface area (TPSA) is 40.5 Å². The Kier molecular flexibility index (Phi) is 3.60. The van der Waals surface area contributed by atoms with Gasteiger partial charge in [0.05, 0.1) is 17.8 Å². The molecule has 5 heteroatoms. The summed E-state index contributed by atoms with van der Waals surface area (Å²) in [6.07, 6.45) is -2.49. The Morgan fingerprint density at radius 2 is 2.07 bits per heavy atom. The quantitative estimate of drug-likeness (QED) is 0.836. The van der Waals surface area contributed by atoms with Crippen LogP contribution in [0.15, 0.2) is 24.3 Å². The molecular weight excluding hydrogens is 204 g/mol. The molecular formula is C10H11F2NO2. The zero-order chi connectivity index (χ0) is 11.4. The van der Waals surface area contributed by atoms with Crippen molar-refractivity contribution >= 4 is 11.7 Å². The maximum Gasteiger partial charge on any atom is 0.337 e. The first-order valence-corrected chi connectivity index (χ1v) is 4.34. The number of aromatic carboxylic acids is 1. The number of para-hydroxylation sites is 1. The summed E-state index contributed by atoms with van der Waals surface area (Å²) in [5, 5.41) is 8.83. The van der Waals surface area contributed by atoms with E-state index in [0.29, 0.717) is 5.69 Å². The lowest BCUT2D eigenvalue weighted by molar-refractivity contribution is 0.0697. The number of carboxylic acids is 1. The number of hydrogen-bond donors (Lipinski definition) is 1. The van der Waals surface area contributed by atoms with E-state index in [1.807, 2.05) is 0 Å². The summed E-state index contributed by atoms with van der Waals surface area (Å²) in [5.41, 5.74) is 0.325. The van der Waals surface area contributed by atoms with Crippen LogP contribution in [0, 0.1) is 0 Å². The Balaban J connectivity index is 2.97. The minimum atomic E-state index is -2.49. The van der Waals surface area contributed by atoms with Gasteiger partial charge in [-0.05, 0) is 12.1 Å². The molecule has 82 valence electrons. The molecule has 0 unspecified atom stereocenters. The first-order chi connectivity index (χ1) is 7.02. The first kappa shape index (κ1) is 11.4. The van der Waals surface area contributed by atoms with Crippen LogP contribution in [0.1, 0.15) is 10.4 Å². The number of rotatable bonds is 4. The third kappa shape index (κ3) is 2.90. The molecule has 0 spiro atoms. The monoisotopic (exact) mass is 215 g/mol. The van der Waals surface area contributed by atoms with E-state index < -0.39 is 18.9 Å². The summed E-state index contributed by atoms with van der Waals surface area (Å²) in [4.78, 5) is 12.0. The van der Waals surface area contributed by atoms with Crippen LogP contribution in [-0.2, 0) is 0 Å². The van der Waals surface area contributed by atoms with Crippen LogP contribution in [0.4, 0.5) is 14.5 Å². The summed E-state index contributed by atoms with van der Waals surface area (Å²) >= 11 is 0. The Labute approximate surface area is 85.9 Å². The predicted octanol–water partition coefficient (Wildman–Crippen LogP) is 2.09. The molecule has 1 aromatic carbocycles. The van der Waals surface area contributed by atoms with E-state index in [2.05, 4.69) is 0 Å². The highest BCUT2D eigenvalue weighted by Gasteiger charge is 2.15. The van der Waals surface area contributed by atoms with Gasteiger partial charge < -0.3 is 10.0 Å². The third-order valence-electron chi connectivity index (χ3n) is 1.96. The van der Waals surface area contributed by atoms with Gasteiger partial charge in [0.15, 0.2) is 0 Å². The fourth-order valence-corrected chi connectivity index (χ4v) is 1.29. The van der Waals surface area contributed by atoms with Crippen molar-refractivity contribution < 1.29 is 18.7 Å². The molecule has 0 saturated heterocycles. The second kappa shape index (κ2) is 4.72. The van der Waals surface area contributed by atoms with Crippen molar-refractivity contribution in [2.75, 3.05) is 18.5 Å². The summed E-state index contributed by atoms with van der Waals surface area (Å²) in [6.45, 7) is -0.482. The lowest BCUT2D eigenvalue weighted by Gasteiger charge is -2.20. The van der Waals surface area contributed by atoms with E-state index in [9.17, 15) is 13.6 Å². The zero-order valence-electron chi connectivity index (χ0n) is 8.15. The van der Waals surface area contributed by atoms with Crippen LogP contribution in [0.25, 0.3) is 0 Å². The molecule has 0 saturated carbocycles. The van der Waals surface area contributed by atoms with E-state index in [4.69, 9.17) is 5.11 Å². The summed E-state index contributed by atoms with van der Waals surface area (Å²) in [5.74, 6) is -1.12. The smallest absolute Gasteiger partial charge is 0.337 e. The lowest BCUT2D eigenvalue weighted by Crippen LogP contribution is -2.25. The molecule has 0 aromatic heterocycles. The summed E-state index contributed by atoms with van der Waals surface area (Å²) in [7, 11) is 1.44. The van der Waals surface area contributed by atoms with E-state index >= 15 is 0 Å². The third-order valence-corrected chi connectivity index (χ3v) is 1.96. The number of benzene rings is 1. The Bertz CT molecular complexity index is 355. The number of halogens is 2. The van der Waals surface area contributed by atoms with Crippen molar-refractivity contribution in [2.24, 2.45) is 0 Å². The number of carboxylic acid groups (broad SMARTS) is 1. The minimum Gasteiger partial charge on any atom is -0.478 e. The van der Waals surface area contributed by atoms with Crippen molar-refractivity contribution in [1.29, 1.82) is 0 Å². The normalized spacial score (nSPS) is 10.4. The number of hydrogen-bond acceptors (Lipinski definition) is 2. The SMILES string of the molecule is CN(CC(F)F)c1ccccc1C(=O)O. The van der Waals surface area contributed by atoms with E-state index in [1.54, 1.807) is 12.1 Å². The van der Waals surface area contributed by atoms with Crippen molar-refractivity contribution in [3.8, 4) is 0 Å². The molecule has 0 amide bonds. The lowest BCUT2D eigenvalue weighted by atomic mass is 10.1. The Morgan fingerprint density at radius 3 is 2.60 bits per heavy atom. The molecule has 0 radical (unpaired) electrons. The second-order valence-corrected chi connectivity index (χ2v) is 3.09. The molecule has 3 nitrogen and oxygen atoms in total. The molecule has 0 aliphatic heterocycles. The maximum absolute atomic E-state index is 12.1. The highest BCUT2D eigenvalue weighted by atomic mass is 19.3. The van der Waals surface area contributed by atoms with Gasteiger partial charge in [-0.3, -0.25) is 0 Å². The van der Waals surface area contributed by atoms with Crippen LogP contribution in [0.5, 0.6) is 0 Å². The first-order valence-electron chi connectivity index (χ1n) is 4.34. The predicted molar refractivity (Wildman–Crippen MR) is 52.7 cm³/mol. The molecule has 0 aliphatic rings. The van der Waals surface area contributed by atoms with Crippen LogP contribution in [0.3, 0.4) is 0 Å². The molecule has 15 heavy (non-hydrogen) atoms. The van der Waals surface area contributed by atoms with Gasteiger partial charge in [0, 0.05) is 7.05 Å². The van der Waals surface area contributed by atoms with Crippen molar-refractivity contribution in [3.05, 3.63) is 29.8 Å². The van der Waals surface area contributed by atoms with Gasteiger partial charge in [-0.1, -0.05) is 12.1 Å². The fraction of sp³-hybridized carbons (Fsp3) is 0.300. The van der Waals surface area contributed by atoms with Gasteiger partial charge in [-0.25, -0.2) is 13.6 Å². The average molecular weight is 215 g/mol. The number of anilines is 1. The van der Waals surface area contributed by atoms with Crippen molar-refractivity contribution in [2.45, 2.75) is 6.43 Å². The van der Waals surface area contributed by atoms with Gasteiger partial charge in [-0.2, -0.15) is 0 Å². The molecule has 0 atom stereocenters. The van der Waals surface area contributed by atoms with E-state index in [0.717, 1.165) is 0 Å². The van der Waals surface area contributed by atoms with Gasteiger partial charge in [0.1, 0.15) is 0 Å². The Hall–Kier alpha value is -1.65. The van der Waals surface area contributed by atoms with Crippen molar-refractivity contribution in [3.63, 3.8) is 0 Å². The molecule has 0 heterocycles.